The van der Waals surface area contributed by atoms with Crippen molar-refractivity contribution in [2.45, 2.75) is 90.1 Å². The Morgan fingerprint density at radius 2 is 2.00 bits per heavy atom. The molecule has 4 aliphatic carbocycles. The first kappa shape index (κ1) is 19.9. The van der Waals surface area contributed by atoms with Crippen LogP contribution in [0.2, 0.25) is 0 Å². The standard InChI is InChI=1S/C26H36O2/c1-18-20(5-3-7-25(18)28)10-11-21-6-4-16-26(2)22(13-15-24(21)26)12-8-19-9-14-23(27)17-19/h10-11,17,22,24-25,28H,1,3-9,12-16H2,2H3/b20-10-,21-11+. The van der Waals surface area contributed by atoms with E-state index in [-0.39, 0.29) is 6.10 Å². The van der Waals surface area contributed by atoms with Gasteiger partial charge >= 0.3 is 0 Å². The molecule has 0 aromatic carbocycles. The van der Waals surface area contributed by atoms with Crippen molar-refractivity contribution in [1.82, 2.24) is 0 Å². The normalized spacial score (nSPS) is 38.9. The van der Waals surface area contributed by atoms with Crippen LogP contribution in [0.1, 0.15) is 84.0 Å². The zero-order valence-corrected chi connectivity index (χ0v) is 17.5. The molecule has 0 aromatic heterocycles. The van der Waals surface area contributed by atoms with Crippen LogP contribution >= 0.6 is 0 Å². The Kier molecular flexibility index (Phi) is 5.78. The number of aliphatic hydroxyl groups excluding tert-OH is 1. The highest BCUT2D eigenvalue weighted by atomic mass is 16.3. The van der Waals surface area contributed by atoms with Crippen LogP contribution in [-0.2, 0) is 4.79 Å². The van der Waals surface area contributed by atoms with E-state index in [9.17, 15) is 9.90 Å². The molecule has 1 N–H and O–H groups in total. The van der Waals surface area contributed by atoms with Crippen molar-refractivity contribution in [3.8, 4) is 0 Å². The molecule has 3 fully saturated rings. The van der Waals surface area contributed by atoms with Crippen molar-refractivity contribution >= 4 is 5.78 Å². The quantitative estimate of drug-likeness (QED) is 0.628. The summed E-state index contributed by atoms with van der Waals surface area (Å²) in [4.78, 5) is 11.5. The molecule has 152 valence electrons. The maximum atomic E-state index is 11.5. The molecule has 4 unspecified atom stereocenters. The van der Waals surface area contributed by atoms with E-state index in [2.05, 4.69) is 25.7 Å². The Balaban J connectivity index is 1.45. The van der Waals surface area contributed by atoms with Gasteiger partial charge in [-0.1, -0.05) is 36.8 Å². The van der Waals surface area contributed by atoms with Crippen LogP contribution < -0.4 is 0 Å². The molecule has 0 amide bonds. The topological polar surface area (TPSA) is 37.3 Å². The van der Waals surface area contributed by atoms with E-state index in [1.54, 1.807) is 5.57 Å². The first-order chi connectivity index (χ1) is 13.5. The van der Waals surface area contributed by atoms with Gasteiger partial charge in [0.2, 0.25) is 0 Å². The predicted molar refractivity (Wildman–Crippen MR) is 115 cm³/mol. The molecule has 2 heteroatoms. The van der Waals surface area contributed by atoms with Gasteiger partial charge in [-0.25, -0.2) is 0 Å². The van der Waals surface area contributed by atoms with Crippen molar-refractivity contribution in [2.75, 3.05) is 0 Å². The third-order valence-electron chi connectivity index (χ3n) is 8.27. The molecule has 0 aromatic rings. The SMILES string of the molecule is C=C1/C(=C\C=C2/CCCC3(C)C(CCC4=CC(=O)CC4)CCC23)CCCC1O. The van der Waals surface area contributed by atoms with Gasteiger partial charge in [0.15, 0.2) is 5.78 Å². The van der Waals surface area contributed by atoms with E-state index in [0.29, 0.717) is 17.1 Å². The summed E-state index contributed by atoms with van der Waals surface area (Å²) in [6.07, 6.45) is 19.8. The number of hydrogen-bond donors (Lipinski definition) is 1. The Morgan fingerprint density at radius 3 is 2.79 bits per heavy atom. The highest BCUT2D eigenvalue weighted by Gasteiger charge is 2.48. The molecule has 4 atom stereocenters. The zero-order valence-electron chi connectivity index (χ0n) is 17.5. The average molecular weight is 381 g/mol. The second-order valence-corrected chi connectivity index (χ2v) is 9.86. The minimum atomic E-state index is -0.345. The van der Waals surface area contributed by atoms with Crippen molar-refractivity contribution in [2.24, 2.45) is 17.3 Å². The molecule has 4 rings (SSSR count). The van der Waals surface area contributed by atoms with Gasteiger partial charge in [0.25, 0.3) is 0 Å². The molecule has 4 aliphatic rings. The summed E-state index contributed by atoms with van der Waals surface area (Å²) in [6, 6.07) is 0. The second kappa shape index (κ2) is 8.14. The minimum absolute atomic E-state index is 0.329. The fourth-order valence-corrected chi connectivity index (χ4v) is 6.47. The van der Waals surface area contributed by atoms with E-state index in [4.69, 9.17) is 0 Å². The lowest BCUT2D eigenvalue weighted by molar-refractivity contribution is -0.114. The van der Waals surface area contributed by atoms with Crippen LogP contribution in [0.4, 0.5) is 0 Å². The molecule has 28 heavy (non-hydrogen) atoms. The average Bonchev–Trinajstić information content (AvgIpc) is 3.24. The van der Waals surface area contributed by atoms with Crippen LogP contribution in [0.5, 0.6) is 0 Å². The molecule has 0 spiro atoms. The highest BCUT2D eigenvalue weighted by Crippen LogP contribution is 2.58. The van der Waals surface area contributed by atoms with Gasteiger partial charge in [0.1, 0.15) is 0 Å². The lowest BCUT2D eigenvalue weighted by Gasteiger charge is -2.42. The van der Waals surface area contributed by atoms with Crippen LogP contribution in [-0.4, -0.2) is 17.0 Å². The van der Waals surface area contributed by atoms with Crippen molar-refractivity contribution in [3.05, 3.63) is 47.1 Å². The zero-order chi connectivity index (χ0) is 19.7. The summed E-state index contributed by atoms with van der Waals surface area (Å²) in [5, 5.41) is 10.1. The first-order valence-corrected chi connectivity index (χ1v) is 11.5. The molecule has 0 heterocycles. The van der Waals surface area contributed by atoms with Gasteiger partial charge < -0.3 is 5.11 Å². The van der Waals surface area contributed by atoms with Gasteiger partial charge in [-0.15, -0.1) is 0 Å². The summed E-state index contributed by atoms with van der Waals surface area (Å²) in [5.74, 6) is 1.83. The van der Waals surface area contributed by atoms with Crippen LogP contribution in [0, 0.1) is 17.3 Å². The van der Waals surface area contributed by atoms with Gasteiger partial charge in [-0.3, -0.25) is 4.79 Å². The van der Waals surface area contributed by atoms with E-state index < -0.39 is 0 Å². The summed E-state index contributed by atoms with van der Waals surface area (Å²) in [6.45, 7) is 6.66. The Hall–Kier alpha value is -1.41. The van der Waals surface area contributed by atoms with E-state index in [1.165, 1.54) is 49.7 Å². The maximum absolute atomic E-state index is 11.5. The second-order valence-electron chi connectivity index (χ2n) is 9.86. The number of allylic oxidation sites excluding steroid dienone is 5. The summed E-state index contributed by atoms with van der Waals surface area (Å²) in [7, 11) is 0. The molecular weight excluding hydrogens is 344 g/mol. The van der Waals surface area contributed by atoms with E-state index in [0.717, 1.165) is 50.0 Å². The molecule has 2 nitrogen and oxygen atoms in total. The van der Waals surface area contributed by atoms with Crippen LogP contribution in [0.15, 0.2) is 47.1 Å². The number of hydrogen-bond acceptors (Lipinski definition) is 2. The molecular formula is C26H36O2. The molecule has 0 bridgehead atoms. The van der Waals surface area contributed by atoms with Crippen LogP contribution in [0.3, 0.4) is 0 Å². The van der Waals surface area contributed by atoms with Crippen molar-refractivity contribution in [3.63, 3.8) is 0 Å². The number of rotatable bonds is 4. The lowest BCUT2D eigenvalue weighted by Crippen LogP contribution is -2.33. The minimum Gasteiger partial charge on any atom is -0.388 e. The Morgan fingerprint density at radius 1 is 1.14 bits per heavy atom. The number of fused-ring (bicyclic) bond motifs is 1. The van der Waals surface area contributed by atoms with Crippen molar-refractivity contribution in [1.29, 1.82) is 0 Å². The fourth-order valence-electron chi connectivity index (χ4n) is 6.47. The fraction of sp³-hybridized carbons (Fsp3) is 0.654. The van der Waals surface area contributed by atoms with E-state index in [1.807, 2.05) is 6.08 Å². The molecule has 3 saturated carbocycles. The predicted octanol–water partition coefficient (Wildman–Crippen LogP) is 6.23. The molecule has 0 radical (unpaired) electrons. The summed E-state index contributed by atoms with van der Waals surface area (Å²) in [5.41, 5.74) is 5.64. The third-order valence-corrected chi connectivity index (χ3v) is 8.27. The maximum Gasteiger partial charge on any atom is 0.155 e. The van der Waals surface area contributed by atoms with Crippen LogP contribution in [0.25, 0.3) is 0 Å². The third kappa shape index (κ3) is 3.85. The number of carbonyl (C=O) groups is 1. The number of carbonyl (C=O) groups excluding carboxylic acids is 1. The lowest BCUT2D eigenvalue weighted by atomic mass is 9.62. The number of aliphatic hydroxyl groups is 1. The summed E-state index contributed by atoms with van der Waals surface area (Å²) >= 11 is 0. The van der Waals surface area contributed by atoms with E-state index >= 15 is 0 Å². The first-order valence-electron chi connectivity index (χ1n) is 11.5. The Labute approximate surface area is 170 Å². The number of ketones is 1. The van der Waals surface area contributed by atoms with Crippen molar-refractivity contribution < 1.29 is 9.90 Å². The summed E-state index contributed by atoms with van der Waals surface area (Å²) < 4.78 is 0. The van der Waals surface area contributed by atoms with Gasteiger partial charge in [-0.2, -0.15) is 0 Å². The molecule has 0 aliphatic heterocycles. The van der Waals surface area contributed by atoms with Gasteiger partial charge in [0, 0.05) is 6.42 Å². The smallest absolute Gasteiger partial charge is 0.155 e. The largest absolute Gasteiger partial charge is 0.388 e. The molecule has 0 saturated heterocycles. The Bertz CT molecular complexity index is 738. The van der Waals surface area contributed by atoms with Gasteiger partial charge in [0.05, 0.1) is 6.10 Å². The monoisotopic (exact) mass is 380 g/mol. The van der Waals surface area contributed by atoms with Gasteiger partial charge in [-0.05, 0) is 105 Å². The highest BCUT2D eigenvalue weighted by molar-refractivity contribution is 5.92.